The molecule has 2 unspecified atom stereocenters. The number of hydrogen-bond acceptors (Lipinski definition) is 2. The van der Waals surface area contributed by atoms with E-state index in [9.17, 15) is 9.18 Å². The fraction of sp³-hybridized carbons (Fsp3) is 0.158. The summed E-state index contributed by atoms with van der Waals surface area (Å²) in [6.07, 6.45) is 4.26. The minimum Gasteiger partial charge on any atom is -0.326 e. The molecule has 0 bridgehead atoms. The van der Waals surface area contributed by atoms with Crippen LogP contribution in [0.5, 0.6) is 0 Å². The smallest absolute Gasteiger partial charge is 0.228 e. The lowest BCUT2D eigenvalue weighted by Gasteiger charge is -2.07. The molecule has 0 saturated heterocycles. The summed E-state index contributed by atoms with van der Waals surface area (Å²) in [6, 6.07) is 16.0. The van der Waals surface area contributed by atoms with Gasteiger partial charge in [0.05, 0.1) is 5.69 Å². The molecular weight excluding hydrogens is 305 g/mol. The van der Waals surface area contributed by atoms with Crippen molar-refractivity contribution in [3.8, 4) is 5.69 Å². The summed E-state index contributed by atoms with van der Waals surface area (Å²) < 4.78 is 15.5. The predicted molar refractivity (Wildman–Crippen MR) is 89.4 cm³/mol. The van der Waals surface area contributed by atoms with Gasteiger partial charge in [0.1, 0.15) is 5.82 Å². The highest BCUT2D eigenvalue weighted by Gasteiger charge is 2.45. The Balaban J connectivity index is 1.41. The molecule has 1 N–H and O–H groups in total. The summed E-state index contributed by atoms with van der Waals surface area (Å²) in [6.45, 7) is 0. The first-order valence-corrected chi connectivity index (χ1v) is 7.88. The maximum absolute atomic E-state index is 13.8. The number of halogens is 1. The minimum absolute atomic E-state index is 0.0189. The maximum Gasteiger partial charge on any atom is 0.228 e. The number of anilines is 1. The van der Waals surface area contributed by atoms with Crippen molar-refractivity contribution in [2.75, 3.05) is 5.32 Å². The number of hydrogen-bond donors (Lipinski definition) is 1. The minimum atomic E-state index is -0.235. The molecule has 1 aliphatic carbocycles. The summed E-state index contributed by atoms with van der Waals surface area (Å²) >= 11 is 0. The van der Waals surface area contributed by atoms with Crippen LogP contribution in [0.3, 0.4) is 0 Å². The summed E-state index contributed by atoms with van der Waals surface area (Å²) in [5.41, 5.74) is 2.29. The molecule has 120 valence electrons. The van der Waals surface area contributed by atoms with Crippen molar-refractivity contribution in [3.05, 3.63) is 78.4 Å². The molecule has 1 amide bonds. The Morgan fingerprint density at radius 3 is 2.62 bits per heavy atom. The second kappa shape index (κ2) is 5.92. The summed E-state index contributed by atoms with van der Waals surface area (Å²) in [4.78, 5) is 12.3. The van der Waals surface area contributed by atoms with Crippen molar-refractivity contribution in [1.29, 1.82) is 0 Å². The van der Waals surface area contributed by atoms with Gasteiger partial charge in [-0.2, -0.15) is 5.10 Å². The van der Waals surface area contributed by atoms with Crippen LogP contribution < -0.4 is 5.32 Å². The lowest BCUT2D eigenvalue weighted by molar-refractivity contribution is -0.117. The summed E-state index contributed by atoms with van der Waals surface area (Å²) in [7, 11) is 0. The Bertz CT molecular complexity index is 859. The molecule has 1 aliphatic rings. The van der Waals surface area contributed by atoms with Crippen LogP contribution in [-0.4, -0.2) is 15.7 Å². The van der Waals surface area contributed by atoms with E-state index < -0.39 is 0 Å². The SMILES string of the molecule is O=C(Nc1ccc(-n2cccn2)cc1)C1CC1c1ccccc1F. The van der Waals surface area contributed by atoms with Gasteiger partial charge in [-0.3, -0.25) is 4.79 Å². The Labute approximate surface area is 138 Å². The van der Waals surface area contributed by atoms with Crippen LogP contribution in [0.1, 0.15) is 17.9 Å². The molecule has 2 aromatic carbocycles. The van der Waals surface area contributed by atoms with Crippen LogP contribution in [0.2, 0.25) is 0 Å². The monoisotopic (exact) mass is 321 g/mol. The molecule has 4 rings (SSSR count). The molecule has 0 radical (unpaired) electrons. The molecule has 1 aromatic heterocycles. The van der Waals surface area contributed by atoms with E-state index in [2.05, 4.69) is 10.4 Å². The molecule has 1 fully saturated rings. The van der Waals surface area contributed by atoms with Crippen LogP contribution in [0.4, 0.5) is 10.1 Å². The zero-order valence-corrected chi connectivity index (χ0v) is 12.9. The first-order chi connectivity index (χ1) is 11.7. The highest BCUT2D eigenvalue weighted by molar-refractivity contribution is 5.95. The third-order valence-electron chi connectivity index (χ3n) is 4.34. The highest BCUT2D eigenvalue weighted by Crippen LogP contribution is 2.48. The molecular formula is C19H16FN3O. The van der Waals surface area contributed by atoms with Crippen LogP contribution in [-0.2, 0) is 4.79 Å². The van der Waals surface area contributed by atoms with Crippen LogP contribution in [0.15, 0.2) is 67.0 Å². The zero-order chi connectivity index (χ0) is 16.5. The number of nitrogens with zero attached hydrogens (tertiary/aromatic N) is 2. The average Bonchev–Trinajstić information content (AvgIpc) is 3.20. The quantitative estimate of drug-likeness (QED) is 0.795. The Morgan fingerprint density at radius 2 is 1.92 bits per heavy atom. The van der Waals surface area contributed by atoms with E-state index in [0.717, 1.165) is 11.4 Å². The van der Waals surface area contributed by atoms with Crippen molar-refractivity contribution >= 4 is 11.6 Å². The number of carbonyl (C=O) groups excluding carboxylic acids is 1. The van der Waals surface area contributed by atoms with Gasteiger partial charge < -0.3 is 5.32 Å². The van der Waals surface area contributed by atoms with Gasteiger partial charge in [-0.1, -0.05) is 18.2 Å². The fourth-order valence-corrected chi connectivity index (χ4v) is 2.96. The van der Waals surface area contributed by atoms with Crippen LogP contribution >= 0.6 is 0 Å². The van der Waals surface area contributed by atoms with E-state index in [1.807, 2.05) is 36.5 Å². The van der Waals surface area contributed by atoms with E-state index in [-0.39, 0.29) is 23.6 Å². The topological polar surface area (TPSA) is 46.9 Å². The van der Waals surface area contributed by atoms with Gasteiger partial charge in [0, 0.05) is 24.0 Å². The van der Waals surface area contributed by atoms with E-state index in [0.29, 0.717) is 12.0 Å². The second-order valence-electron chi connectivity index (χ2n) is 5.96. The molecule has 2 atom stereocenters. The number of benzene rings is 2. The van der Waals surface area contributed by atoms with Crippen LogP contribution in [0.25, 0.3) is 5.69 Å². The molecule has 0 spiro atoms. The maximum atomic E-state index is 13.8. The third kappa shape index (κ3) is 2.80. The number of carbonyl (C=O) groups is 1. The molecule has 0 aliphatic heterocycles. The van der Waals surface area contributed by atoms with Crippen molar-refractivity contribution < 1.29 is 9.18 Å². The van der Waals surface area contributed by atoms with Gasteiger partial charge in [0.25, 0.3) is 0 Å². The molecule has 24 heavy (non-hydrogen) atoms. The number of nitrogens with one attached hydrogen (secondary N) is 1. The number of aromatic nitrogens is 2. The highest BCUT2D eigenvalue weighted by atomic mass is 19.1. The normalized spacial score (nSPS) is 19.0. The lowest BCUT2D eigenvalue weighted by Crippen LogP contribution is -2.14. The summed E-state index contributed by atoms with van der Waals surface area (Å²) in [5.74, 6) is -0.473. The first-order valence-electron chi connectivity index (χ1n) is 7.88. The molecule has 1 saturated carbocycles. The largest absolute Gasteiger partial charge is 0.326 e. The molecule has 4 nitrogen and oxygen atoms in total. The van der Waals surface area contributed by atoms with Gasteiger partial charge in [0.15, 0.2) is 0 Å². The van der Waals surface area contributed by atoms with Crippen molar-refractivity contribution in [2.24, 2.45) is 5.92 Å². The van der Waals surface area contributed by atoms with Gasteiger partial charge >= 0.3 is 0 Å². The Morgan fingerprint density at radius 1 is 1.12 bits per heavy atom. The fourth-order valence-electron chi connectivity index (χ4n) is 2.96. The molecule has 3 aromatic rings. The lowest BCUT2D eigenvalue weighted by atomic mass is 10.1. The van der Waals surface area contributed by atoms with Crippen molar-refractivity contribution in [1.82, 2.24) is 9.78 Å². The number of rotatable bonds is 4. The van der Waals surface area contributed by atoms with Gasteiger partial charge in [-0.25, -0.2) is 9.07 Å². The van der Waals surface area contributed by atoms with Gasteiger partial charge in [0.2, 0.25) is 5.91 Å². The van der Waals surface area contributed by atoms with E-state index >= 15 is 0 Å². The molecule has 1 heterocycles. The number of amides is 1. The molecule has 5 heteroatoms. The van der Waals surface area contributed by atoms with E-state index in [1.165, 1.54) is 6.07 Å². The van der Waals surface area contributed by atoms with Gasteiger partial charge in [-0.05, 0) is 54.3 Å². The third-order valence-corrected chi connectivity index (χ3v) is 4.34. The first kappa shape index (κ1) is 14.6. The van der Waals surface area contributed by atoms with E-state index in [1.54, 1.807) is 29.1 Å². The second-order valence-corrected chi connectivity index (χ2v) is 5.96. The standard InChI is InChI=1S/C19H16FN3O/c20-18-5-2-1-4-15(18)16-12-17(16)19(24)22-13-6-8-14(9-7-13)23-11-3-10-21-23/h1-11,16-17H,12H2,(H,22,24). The van der Waals surface area contributed by atoms with Crippen molar-refractivity contribution in [3.63, 3.8) is 0 Å². The van der Waals surface area contributed by atoms with E-state index in [4.69, 9.17) is 0 Å². The zero-order valence-electron chi connectivity index (χ0n) is 12.9. The Hall–Kier alpha value is -2.95. The van der Waals surface area contributed by atoms with Gasteiger partial charge in [-0.15, -0.1) is 0 Å². The predicted octanol–water partition coefficient (Wildman–Crippen LogP) is 3.75. The average molecular weight is 321 g/mol. The van der Waals surface area contributed by atoms with Crippen LogP contribution in [0, 0.1) is 11.7 Å². The Kier molecular flexibility index (Phi) is 3.61. The summed E-state index contributed by atoms with van der Waals surface area (Å²) in [5, 5.41) is 7.07. The van der Waals surface area contributed by atoms with Crippen molar-refractivity contribution in [2.45, 2.75) is 12.3 Å².